The van der Waals surface area contributed by atoms with Gasteiger partial charge in [-0.2, -0.15) is 5.10 Å². The van der Waals surface area contributed by atoms with Crippen molar-refractivity contribution < 1.29 is 19.1 Å². The molecule has 0 radical (unpaired) electrons. The second-order valence-corrected chi connectivity index (χ2v) is 5.96. The van der Waals surface area contributed by atoms with Crippen LogP contribution in [0.25, 0.3) is 0 Å². The van der Waals surface area contributed by atoms with Gasteiger partial charge in [0, 0.05) is 5.69 Å². The maximum Gasteiger partial charge on any atom is 0.249 e. The third kappa shape index (κ3) is 6.75. The summed E-state index contributed by atoms with van der Waals surface area (Å²) in [6.07, 6.45) is 1.16. The van der Waals surface area contributed by atoms with E-state index in [2.05, 4.69) is 15.8 Å². The first-order chi connectivity index (χ1) is 13.5. The quantitative estimate of drug-likeness (QED) is 0.395. The minimum absolute atomic E-state index is 0.321. The van der Waals surface area contributed by atoms with Crippen LogP contribution in [0.5, 0.6) is 11.5 Å². The van der Waals surface area contributed by atoms with E-state index in [-0.39, 0.29) is 6.42 Å². The molecule has 2 rings (SSSR count). The summed E-state index contributed by atoms with van der Waals surface area (Å²) < 4.78 is 11.0. The van der Waals surface area contributed by atoms with E-state index in [1.165, 1.54) is 6.21 Å². The summed E-state index contributed by atoms with van der Waals surface area (Å²) in [6, 6.07) is 12.7. The van der Waals surface area contributed by atoms with Crippen molar-refractivity contribution in [2.24, 2.45) is 5.10 Å². The number of carbonyl (C=O) groups excluding carboxylic acids is 2. The highest BCUT2D eigenvalue weighted by atomic mass is 16.5. The molecule has 0 aliphatic heterocycles. The van der Waals surface area contributed by atoms with Gasteiger partial charge in [-0.15, -0.1) is 0 Å². The van der Waals surface area contributed by atoms with E-state index in [4.69, 9.17) is 9.47 Å². The Morgan fingerprint density at radius 1 is 0.964 bits per heavy atom. The summed E-state index contributed by atoms with van der Waals surface area (Å²) in [5.74, 6) is 0.350. The second kappa shape index (κ2) is 10.7. The van der Waals surface area contributed by atoms with E-state index in [1.807, 2.05) is 32.9 Å². The second-order valence-electron chi connectivity index (χ2n) is 5.96. The Morgan fingerprint density at radius 2 is 1.64 bits per heavy atom. The fraction of sp³-hybridized carbons (Fsp3) is 0.286. The molecule has 0 heterocycles. The molecule has 28 heavy (non-hydrogen) atoms. The maximum atomic E-state index is 11.9. The number of carbonyl (C=O) groups is 2. The van der Waals surface area contributed by atoms with Gasteiger partial charge in [0.2, 0.25) is 11.8 Å². The SMILES string of the molecule is CCOc1ccc(C=NNC(=O)CC(=O)Nc2ccc(C)cc2)cc1OCC. The molecule has 0 unspecified atom stereocenters. The highest BCUT2D eigenvalue weighted by molar-refractivity contribution is 6.03. The number of nitrogens with zero attached hydrogens (tertiary/aromatic N) is 1. The zero-order chi connectivity index (χ0) is 20.4. The van der Waals surface area contributed by atoms with Gasteiger partial charge in [-0.1, -0.05) is 17.7 Å². The predicted molar refractivity (Wildman–Crippen MR) is 109 cm³/mol. The summed E-state index contributed by atoms with van der Waals surface area (Å²) in [5.41, 5.74) is 4.81. The van der Waals surface area contributed by atoms with Gasteiger partial charge < -0.3 is 14.8 Å². The normalized spacial score (nSPS) is 10.5. The summed E-state index contributed by atoms with van der Waals surface area (Å²) in [7, 11) is 0. The average molecular weight is 383 g/mol. The van der Waals surface area contributed by atoms with Crippen molar-refractivity contribution in [3.05, 3.63) is 53.6 Å². The number of ether oxygens (including phenoxy) is 2. The summed E-state index contributed by atoms with van der Waals surface area (Å²) in [6.45, 7) is 6.79. The molecular weight excluding hydrogens is 358 g/mol. The number of amides is 2. The van der Waals surface area contributed by atoms with Gasteiger partial charge in [0.1, 0.15) is 6.42 Å². The molecule has 0 atom stereocenters. The smallest absolute Gasteiger partial charge is 0.249 e. The fourth-order valence-electron chi connectivity index (χ4n) is 2.35. The van der Waals surface area contributed by atoms with Crippen LogP contribution in [-0.4, -0.2) is 31.2 Å². The van der Waals surface area contributed by atoms with Gasteiger partial charge in [-0.25, -0.2) is 5.43 Å². The molecule has 0 saturated heterocycles. The highest BCUT2D eigenvalue weighted by Crippen LogP contribution is 2.27. The van der Waals surface area contributed by atoms with Gasteiger partial charge in [-0.05, 0) is 56.7 Å². The highest BCUT2D eigenvalue weighted by Gasteiger charge is 2.09. The largest absolute Gasteiger partial charge is 0.490 e. The first kappa shape index (κ1) is 21.0. The van der Waals surface area contributed by atoms with Gasteiger partial charge in [-0.3, -0.25) is 9.59 Å². The Morgan fingerprint density at radius 3 is 2.32 bits per heavy atom. The number of hydrogen-bond donors (Lipinski definition) is 2. The van der Waals surface area contributed by atoms with Crippen molar-refractivity contribution in [3.63, 3.8) is 0 Å². The first-order valence-electron chi connectivity index (χ1n) is 9.10. The molecule has 2 N–H and O–H groups in total. The lowest BCUT2D eigenvalue weighted by Gasteiger charge is -2.11. The van der Waals surface area contributed by atoms with Crippen LogP contribution in [0, 0.1) is 6.92 Å². The van der Waals surface area contributed by atoms with Gasteiger partial charge in [0.15, 0.2) is 11.5 Å². The maximum absolute atomic E-state index is 11.9. The third-order valence-electron chi connectivity index (χ3n) is 3.63. The number of nitrogens with one attached hydrogen (secondary N) is 2. The number of rotatable bonds is 9. The molecule has 2 amide bonds. The lowest BCUT2D eigenvalue weighted by molar-refractivity contribution is -0.126. The number of anilines is 1. The Labute approximate surface area is 164 Å². The molecule has 2 aromatic rings. The van der Waals surface area contributed by atoms with E-state index in [1.54, 1.807) is 30.3 Å². The Bertz CT molecular complexity index is 832. The van der Waals surface area contributed by atoms with Crippen LogP contribution < -0.4 is 20.2 Å². The molecular formula is C21H25N3O4. The molecule has 0 bridgehead atoms. The monoisotopic (exact) mass is 383 g/mol. The predicted octanol–water partition coefficient (Wildman–Crippen LogP) is 3.27. The topological polar surface area (TPSA) is 89.0 Å². The number of hydrazone groups is 1. The lowest BCUT2D eigenvalue weighted by Crippen LogP contribution is -2.24. The van der Waals surface area contributed by atoms with Crippen molar-refractivity contribution in [1.29, 1.82) is 0 Å². The molecule has 0 spiro atoms. The minimum atomic E-state index is -0.503. The molecule has 2 aromatic carbocycles. The summed E-state index contributed by atoms with van der Waals surface area (Å²) in [5, 5.41) is 6.55. The van der Waals surface area contributed by atoms with Gasteiger partial charge in [0.05, 0.1) is 19.4 Å². The van der Waals surface area contributed by atoms with Crippen LogP contribution in [0.2, 0.25) is 0 Å². The molecule has 0 aromatic heterocycles. The van der Waals surface area contributed by atoms with Crippen LogP contribution in [0.15, 0.2) is 47.6 Å². The number of hydrogen-bond acceptors (Lipinski definition) is 5. The van der Waals surface area contributed by atoms with Crippen molar-refractivity contribution in [2.45, 2.75) is 27.2 Å². The first-order valence-corrected chi connectivity index (χ1v) is 9.10. The van der Waals surface area contributed by atoms with Crippen molar-refractivity contribution >= 4 is 23.7 Å². The van der Waals surface area contributed by atoms with Crippen LogP contribution in [0.3, 0.4) is 0 Å². The molecule has 148 valence electrons. The third-order valence-corrected chi connectivity index (χ3v) is 3.63. The van der Waals surface area contributed by atoms with E-state index in [0.29, 0.717) is 30.4 Å². The Balaban J connectivity index is 1.87. The Kier molecular flexibility index (Phi) is 8.02. The molecule has 0 saturated carbocycles. The number of aryl methyl sites for hydroxylation is 1. The minimum Gasteiger partial charge on any atom is -0.490 e. The summed E-state index contributed by atoms with van der Waals surface area (Å²) >= 11 is 0. The van der Waals surface area contributed by atoms with Crippen molar-refractivity contribution in [1.82, 2.24) is 5.43 Å². The molecule has 0 aliphatic rings. The van der Waals surface area contributed by atoms with Gasteiger partial charge >= 0.3 is 0 Å². The van der Waals surface area contributed by atoms with Crippen LogP contribution in [0.1, 0.15) is 31.4 Å². The molecule has 0 fully saturated rings. The zero-order valence-electron chi connectivity index (χ0n) is 16.3. The van der Waals surface area contributed by atoms with Crippen molar-refractivity contribution in [3.8, 4) is 11.5 Å². The van der Waals surface area contributed by atoms with Gasteiger partial charge in [0.25, 0.3) is 0 Å². The van der Waals surface area contributed by atoms with E-state index in [0.717, 1.165) is 11.1 Å². The molecule has 7 nitrogen and oxygen atoms in total. The fourth-order valence-corrected chi connectivity index (χ4v) is 2.35. The van der Waals surface area contributed by atoms with Crippen molar-refractivity contribution in [2.75, 3.05) is 18.5 Å². The summed E-state index contributed by atoms with van der Waals surface area (Å²) in [4.78, 5) is 23.8. The Hall–Kier alpha value is -3.35. The van der Waals surface area contributed by atoms with E-state index >= 15 is 0 Å². The lowest BCUT2D eigenvalue weighted by atomic mass is 10.2. The molecule has 7 heteroatoms. The average Bonchev–Trinajstić information content (AvgIpc) is 2.66. The van der Waals surface area contributed by atoms with Crippen LogP contribution in [-0.2, 0) is 9.59 Å². The number of benzene rings is 2. The van der Waals surface area contributed by atoms with E-state index < -0.39 is 11.8 Å². The standard InChI is InChI=1S/C21H25N3O4/c1-4-27-18-11-8-16(12-19(18)28-5-2)14-22-24-21(26)13-20(25)23-17-9-6-15(3)7-10-17/h6-12,14H,4-5,13H2,1-3H3,(H,23,25)(H,24,26). The zero-order valence-corrected chi connectivity index (χ0v) is 16.3. The van der Waals surface area contributed by atoms with Crippen LogP contribution in [0.4, 0.5) is 5.69 Å². The van der Waals surface area contributed by atoms with E-state index in [9.17, 15) is 9.59 Å². The van der Waals surface area contributed by atoms with Crippen LogP contribution >= 0.6 is 0 Å². The molecule has 0 aliphatic carbocycles.